The van der Waals surface area contributed by atoms with E-state index in [1.807, 2.05) is 24.3 Å². The molecular weight excluding hydrogens is 186 g/mol. The molecule has 4 heteroatoms. The minimum atomic E-state index is -3.15. The first-order valence-electron chi connectivity index (χ1n) is 3.85. The summed E-state index contributed by atoms with van der Waals surface area (Å²) in [6, 6.07) is 7.54. The van der Waals surface area contributed by atoms with E-state index in [4.69, 9.17) is 0 Å². The Hall–Kier alpha value is -1.29. The van der Waals surface area contributed by atoms with Gasteiger partial charge in [-0.2, -0.15) is 0 Å². The fourth-order valence-electron chi connectivity index (χ4n) is 1.25. The molecule has 13 heavy (non-hydrogen) atoms. The van der Waals surface area contributed by atoms with Gasteiger partial charge >= 0.3 is 0 Å². The zero-order valence-corrected chi connectivity index (χ0v) is 7.95. The summed E-state index contributed by atoms with van der Waals surface area (Å²) in [5.74, 6) is 0. The maximum Gasteiger partial charge on any atom is 0.235 e. The van der Waals surface area contributed by atoms with E-state index < -0.39 is 10.0 Å². The molecule has 0 saturated carbocycles. The Morgan fingerprint density at radius 3 is 1.92 bits per heavy atom. The molecule has 0 unspecified atom stereocenters. The lowest BCUT2D eigenvalue weighted by atomic mass is 10.2. The first-order valence-corrected chi connectivity index (χ1v) is 5.69. The van der Waals surface area contributed by atoms with Gasteiger partial charge in [0.05, 0.1) is 6.26 Å². The molecule has 0 radical (unpaired) electrons. The standard InChI is InChI=1S/C9H9NO2S/c1-13(11,12)10-6-8-4-2-3-5-9(8)7-10/h2-7H,1H3. The van der Waals surface area contributed by atoms with Crippen LogP contribution in [-0.2, 0) is 10.0 Å². The van der Waals surface area contributed by atoms with Crippen molar-refractivity contribution in [2.45, 2.75) is 0 Å². The molecular formula is C9H9NO2S. The smallest absolute Gasteiger partial charge is 0.235 e. The lowest BCUT2D eigenvalue weighted by Gasteiger charge is -1.94. The molecule has 1 aromatic heterocycles. The van der Waals surface area contributed by atoms with Crippen LogP contribution in [0.1, 0.15) is 0 Å². The van der Waals surface area contributed by atoms with Crippen LogP contribution in [0.25, 0.3) is 10.8 Å². The average Bonchev–Trinajstić information content (AvgIpc) is 2.45. The molecule has 0 amide bonds. The third kappa shape index (κ3) is 1.45. The fraction of sp³-hybridized carbons (Fsp3) is 0.111. The van der Waals surface area contributed by atoms with Gasteiger partial charge in [0.15, 0.2) is 0 Å². The summed E-state index contributed by atoms with van der Waals surface area (Å²) in [6.07, 6.45) is 4.42. The van der Waals surface area contributed by atoms with E-state index in [-0.39, 0.29) is 0 Å². The van der Waals surface area contributed by atoms with Crippen molar-refractivity contribution in [1.82, 2.24) is 3.97 Å². The van der Waals surface area contributed by atoms with E-state index in [2.05, 4.69) is 0 Å². The number of hydrogen-bond donors (Lipinski definition) is 0. The summed E-state index contributed by atoms with van der Waals surface area (Å²) >= 11 is 0. The van der Waals surface area contributed by atoms with Gasteiger partial charge in [-0.15, -0.1) is 0 Å². The Balaban J connectivity index is 2.77. The summed E-state index contributed by atoms with van der Waals surface area (Å²) < 4.78 is 23.6. The van der Waals surface area contributed by atoms with Crippen LogP contribution < -0.4 is 0 Å². The molecule has 2 aromatic rings. The highest BCUT2D eigenvalue weighted by Crippen LogP contribution is 2.15. The molecule has 0 aliphatic rings. The fourth-order valence-corrected chi connectivity index (χ4v) is 1.86. The molecule has 0 fully saturated rings. The van der Waals surface area contributed by atoms with Gasteiger partial charge in [-0.25, -0.2) is 8.42 Å². The highest BCUT2D eigenvalue weighted by molar-refractivity contribution is 7.89. The van der Waals surface area contributed by atoms with Gasteiger partial charge in [0.25, 0.3) is 0 Å². The molecule has 1 aromatic carbocycles. The van der Waals surface area contributed by atoms with Crippen LogP contribution >= 0.6 is 0 Å². The second-order valence-electron chi connectivity index (χ2n) is 2.98. The third-order valence-electron chi connectivity index (χ3n) is 1.91. The van der Waals surface area contributed by atoms with Gasteiger partial charge in [-0.1, -0.05) is 24.3 Å². The molecule has 1 heterocycles. The highest BCUT2D eigenvalue weighted by Gasteiger charge is 2.05. The van der Waals surface area contributed by atoms with E-state index in [9.17, 15) is 8.42 Å². The van der Waals surface area contributed by atoms with Crippen LogP contribution in [-0.4, -0.2) is 18.6 Å². The van der Waals surface area contributed by atoms with Crippen molar-refractivity contribution in [2.24, 2.45) is 0 Å². The van der Waals surface area contributed by atoms with Gasteiger partial charge < -0.3 is 0 Å². The second kappa shape index (κ2) is 2.60. The molecule has 0 aliphatic carbocycles. The predicted molar refractivity (Wildman–Crippen MR) is 52.2 cm³/mol. The Kier molecular flexibility index (Phi) is 1.66. The molecule has 0 spiro atoms. The normalized spacial score (nSPS) is 12.1. The quantitative estimate of drug-likeness (QED) is 0.690. The van der Waals surface area contributed by atoms with Gasteiger partial charge in [0.1, 0.15) is 0 Å². The van der Waals surface area contributed by atoms with Gasteiger partial charge in [-0.3, -0.25) is 3.97 Å². The zero-order valence-electron chi connectivity index (χ0n) is 7.14. The van der Waals surface area contributed by atoms with Gasteiger partial charge in [0, 0.05) is 23.2 Å². The van der Waals surface area contributed by atoms with Gasteiger partial charge in [0.2, 0.25) is 10.0 Å². The summed E-state index contributed by atoms with van der Waals surface area (Å²) in [5.41, 5.74) is 0. The van der Waals surface area contributed by atoms with E-state index >= 15 is 0 Å². The van der Waals surface area contributed by atoms with Crippen LogP contribution in [0.2, 0.25) is 0 Å². The van der Waals surface area contributed by atoms with Crippen LogP contribution in [0.15, 0.2) is 36.7 Å². The van der Waals surface area contributed by atoms with Crippen LogP contribution in [0.3, 0.4) is 0 Å². The summed E-state index contributed by atoms with van der Waals surface area (Å²) in [6.45, 7) is 0. The Morgan fingerprint density at radius 1 is 1.08 bits per heavy atom. The number of fused-ring (bicyclic) bond motifs is 1. The predicted octanol–water partition coefficient (Wildman–Crippen LogP) is 1.45. The molecule has 0 bridgehead atoms. The van der Waals surface area contributed by atoms with Crippen LogP contribution in [0, 0.1) is 0 Å². The van der Waals surface area contributed by atoms with Crippen molar-refractivity contribution in [3.63, 3.8) is 0 Å². The lowest BCUT2D eigenvalue weighted by Crippen LogP contribution is -2.06. The van der Waals surface area contributed by atoms with Crippen molar-refractivity contribution in [3.8, 4) is 0 Å². The van der Waals surface area contributed by atoms with Crippen molar-refractivity contribution >= 4 is 20.8 Å². The minimum Gasteiger partial charge on any atom is -0.252 e. The number of nitrogens with zero attached hydrogens (tertiary/aromatic N) is 1. The maximum atomic E-state index is 11.2. The van der Waals surface area contributed by atoms with Crippen molar-refractivity contribution < 1.29 is 8.42 Å². The third-order valence-corrected chi connectivity index (χ3v) is 2.89. The maximum absolute atomic E-state index is 11.2. The molecule has 68 valence electrons. The second-order valence-corrected chi connectivity index (χ2v) is 4.87. The molecule has 0 atom stereocenters. The number of hydrogen-bond acceptors (Lipinski definition) is 2. The lowest BCUT2D eigenvalue weighted by molar-refractivity contribution is 0.594. The van der Waals surface area contributed by atoms with Crippen molar-refractivity contribution in [1.29, 1.82) is 0 Å². The van der Waals surface area contributed by atoms with Gasteiger partial charge in [-0.05, 0) is 0 Å². The van der Waals surface area contributed by atoms with E-state index in [0.717, 1.165) is 10.8 Å². The summed E-state index contributed by atoms with van der Waals surface area (Å²) in [4.78, 5) is 0. The molecule has 0 N–H and O–H groups in total. The van der Waals surface area contributed by atoms with Crippen LogP contribution in [0.4, 0.5) is 0 Å². The molecule has 2 rings (SSSR count). The SMILES string of the molecule is CS(=O)(=O)n1cc2ccccc2c1. The Morgan fingerprint density at radius 2 is 1.54 bits per heavy atom. The van der Waals surface area contributed by atoms with Crippen molar-refractivity contribution in [2.75, 3.05) is 6.26 Å². The molecule has 0 saturated heterocycles. The first-order chi connectivity index (χ1) is 6.07. The zero-order chi connectivity index (χ0) is 9.47. The largest absolute Gasteiger partial charge is 0.252 e. The Bertz CT molecular complexity index is 506. The first kappa shape index (κ1) is 8.31. The number of benzene rings is 1. The van der Waals surface area contributed by atoms with E-state index in [1.165, 1.54) is 10.2 Å². The van der Waals surface area contributed by atoms with Crippen molar-refractivity contribution in [3.05, 3.63) is 36.7 Å². The highest BCUT2D eigenvalue weighted by atomic mass is 32.2. The number of aromatic nitrogens is 1. The molecule has 3 nitrogen and oxygen atoms in total. The van der Waals surface area contributed by atoms with Crippen LogP contribution in [0.5, 0.6) is 0 Å². The number of rotatable bonds is 1. The summed E-state index contributed by atoms with van der Waals surface area (Å²) in [5, 5.41) is 1.88. The summed E-state index contributed by atoms with van der Waals surface area (Å²) in [7, 11) is -3.15. The Labute approximate surface area is 76.7 Å². The monoisotopic (exact) mass is 195 g/mol. The van der Waals surface area contributed by atoms with E-state index in [1.54, 1.807) is 12.4 Å². The molecule has 0 aliphatic heterocycles. The topological polar surface area (TPSA) is 39.1 Å². The minimum absolute atomic E-state index is 0.938. The van der Waals surface area contributed by atoms with E-state index in [0.29, 0.717) is 0 Å². The average molecular weight is 195 g/mol.